The van der Waals surface area contributed by atoms with Gasteiger partial charge in [-0.15, -0.1) is 0 Å². The van der Waals surface area contributed by atoms with Crippen molar-refractivity contribution in [1.29, 1.82) is 0 Å². The maximum Gasteiger partial charge on any atom is 0.202 e. The largest absolute Gasteiger partial charge is 0.495 e. The number of piperazine rings is 1. The summed E-state index contributed by atoms with van der Waals surface area (Å²) < 4.78 is 5.35. The van der Waals surface area contributed by atoms with E-state index in [0.717, 1.165) is 49.5 Å². The summed E-state index contributed by atoms with van der Waals surface area (Å²) in [5, 5.41) is 10.4. The molecule has 0 bridgehead atoms. The number of halogens is 1. The molecule has 2 aromatic rings. The number of hydrogen-bond donors (Lipinski definition) is 4. The molecule has 0 aliphatic carbocycles. The number of aliphatic imine (C=N–C) groups is 1. The second kappa shape index (κ2) is 9.28. The van der Waals surface area contributed by atoms with Gasteiger partial charge in [-0.2, -0.15) is 0 Å². The van der Waals surface area contributed by atoms with E-state index in [9.17, 15) is 0 Å². The van der Waals surface area contributed by atoms with Gasteiger partial charge in [0.1, 0.15) is 5.75 Å². The smallest absolute Gasteiger partial charge is 0.202 e. The zero-order chi connectivity index (χ0) is 21.8. The monoisotopic (exact) mass is 440 g/mol. The highest BCUT2D eigenvalue weighted by atomic mass is 35.5. The highest BCUT2D eigenvalue weighted by Gasteiger charge is 2.33. The summed E-state index contributed by atoms with van der Waals surface area (Å²) in [5.41, 5.74) is 9.63. The van der Waals surface area contributed by atoms with Crippen molar-refractivity contribution >= 4 is 23.2 Å². The minimum Gasteiger partial charge on any atom is -0.495 e. The van der Waals surface area contributed by atoms with E-state index >= 15 is 0 Å². The predicted octanol–water partition coefficient (Wildman–Crippen LogP) is 2.84. The van der Waals surface area contributed by atoms with Crippen LogP contribution in [0.1, 0.15) is 18.1 Å². The van der Waals surface area contributed by atoms with Gasteiger partial charge in [0.2, 0.25) is 5.96 Å². The number of benzene rings is 2. The number of guanidine groups is 1. The molecule has 164 valence electrons. The molecule has 1 fully saturated rings. The Bertz CT molecular complexity index is 984. The molecule has 8 heteroatoms. The van der Waals surface area contributed by atoms with Crippen LogP contribution >= 0.6 is 11.6 Å². The van der Waals surface area contributed by atoms with Crippen molar-refractivity contribution in [2.45, 2.75) is 19.1 Å². The SMILES string of the molecule is COc1cc(C2(N)N=C(Nc3ccc(CN4CCNCC4)cc3)NC=C2C)ccc1Cl. The van der Waals surface area contributed by atoms with E-state index in [-0.39, 0.29) is 0 Å². The molecule has 2 aliphatic heterocycles. The number of ether oxygens (including phenoxy) is 1. The third-order valence-electron chi connectivity index (χ3n) is 5.74. The molecule has 2 heterocycles. The second-order valence-electron chi connectivity index (χ2n) is 7.90. The lowest BCUT2D eigenvalue weighted by atomic mass is 9.93. The van der Waals surface area contributed by atoms with E-state index < -0.39 is 5.66 Å². The van der Waals surface area contributed by atoms with Gasteiger partial charge in [-0.3, -0.25) is 10.6 Å². The maximum absolute atomic E-state index is 6.72. The standard InChI is InChI=1S/C23H29ClN6O/c1-16-14-27-22(29-23(16,25)18-5-8-20(24)21(13-18)31-2)28-19-6-3-17(4-7-19)15-30-11-9-26-10-12-30/h3-8,13-14,26H,9-12,15,25H2,1-2H3,(H2,27,28,29). The molecule has 0 radical (unpaired) electrons. The van der Waals surface area contributed by atoms with E-state index in [2.05, 4.69) is 45.1 Å². The van der Waals surface area contributed by atoms with Crippen molar-refractivity contribution in [3.8, 4) is 5.75 Å². The van der Waals surface area contributed by atoms with Crippen molar-refractivity contribution in [3.63, 3.8) is 0 Å². The molecule has 4 rings (SSSR count). The number of nitrogens with zero attached hydrogens (tertiary/aromatic N) is 2. The summed E-state index contributed by atoms with van der Waals surface area (Å²) in [6, 6.07) is 13.9. The summed E-state index contributed by atoms with van der Waals surface area (Å²) in [7, 11) is 1.58. The van der Waals surface area contributed by atoms with Crippen LogP contribution in [0.25, 0.3) is 0 Å². The van der Waals surface area contributed by atoms with Crippen LogP contribution in [-0.2, 0) is 12.2 Å². The second-order valence-corrected chi connectivity index (χ2v) is 8.30. The first-order valence-corrected chi connectivity index (χ1v) is 10.8. The Balaban J connectivity index is 1.49. The fourth-order valence-electron chi connectivity index (χ4n) is 3.79. The zero-order valence-corrected chi connectivity index (χ0v) is 18.7. The summed E-state index contributed by atoms with van der Waals surface area (Å²) >= 11 is 6.18. The summed E-state index contributed by atoms with van der Waals surface area (Å²) in [4.78, 5) is 7.23. The fourth-order valence-corrected chi connectivity index (χ4v) is 3.99. The lowest BCUT2D eigenvalue weighted by Gasteiger charge is -2.32. The molecule has 0 spiro atoms. The van der Waals surface area contributed by atoms with Crippen molar-refractivity contribution in [2.75, 3.05) is 38.6 Å². The predicted molar refractivity (Wildman–Crippen MR) is 126 cm³/mol. The topological polar surface area (TPSA) is 86.9 Å². The van der Waals surface area contributed by atoms with Crippen LogP contribution in [0.15, 0.2) is 59.2 Å². The van der Waals surface area contributed by atoms with Crippen LogP contribution < -0.4 is 26.4 Å². The number of nitrogens with two attached hydrogens (primary N) is 1. The van der Waals surface area contributed by atoms with Gasteiger partial charge in [-0.1, -0.05) is 29.8 Å². The third-order valence-corrected chi connectivity index (χ3v) is 6.05. The maximum atomic E-state index is 6.72. The van der Waals surface area contributed by atoms with Crippen molar-refractivity contribution in [2.24, 2.45) is 10.7 Å². The summed E-state index contributed by atoms with van der Waals surface area (Å²) in [6.07, 6.45) is 1.87. The van der Waals surface area contributed by atoms with Crippen molar-refractivity contribution in [1.82, 2.24) is 15.5 Å². The molecule has 31 heavy (non-hydrogen) atoms. The first kappa shape index (κ1) is 21.6. The van der Waals surface area contributed by atoms with Gasteiger partial charge in [0, 0.05) is 50.2 Å². The lowest BCUT2D eigenvalue weighted by molar-refractivity contribution is 0.233. The number of rotatable bonds is 5. The van der Waals surface area contributed by atoms with E-state index in [4.69, 9.17) is 27.1 Å². The van der Waals surface area contributed by atoms with Gasteiger partial charge in [-0.25, -0.2) is 4.99 Å². The van der Waals surface area contributed by atoms with E-state index in [0.29, 0.717) is 16.7 Å². The van der Waals surface area contributed by atoms with Gasteiger partial charge < -0.3 is 20.7 Å². The Kier molecular flexibility index (Phi) is 6.48. The number of nitrogens with one attached hydrogen (secondary N) is 3. The third kappa shape index (κ3) is 4.85. The van der Waals surface area contributed by atoms with E-state index in [1.807, 2.05) is 25.3 Å². The minimum atomic E-state index is -1.02. The molecule has 2 aromatic carbocycles. The van der Waals surface area contributed by atoms with E-state index in [1.54, 1.807) is 13.2 Å². The molecular formula is C23H29ClN6O. The first-order valence-electron chi connectivity index (χ1n) is 10.4. The normalized spacial score (nSPS) is 21.7. The molecular weight excluding hydrogens is 412 g/mol. The molecule has 5 N–H and O–H groups in total. The Hall–Kier alpha value is -2.58. The van der Waals surface area contributed by atoms with Crippen molar-refractivity contribution in [3.05, 3.63) is 70.4 Å². The van der Waals surface area contributed by atoms with Crippen molar-refractivity contribution < 1.29 is 4.74 Å². The Morgan fingerprint density at radius 2 is 1.94 bits per heavy atom. The highest BCUT2D eigenvalue weighted by Crippen LogP contribution is 2.35. The average molecular weight is 441 g/mol. The highest BCUT2D eigenvalue weighted by molar-refractivity contribution is 6.32. The Labute approximate surface area is 188 Å². The van der Waals surface area contributed by atoms with Crippen LogP contribution in [0.3, 0.4) is 0 Å². The van der Waals surface area contributed by atoms with Gasteiger partial charge >= 0.3 is 0 Å². The van der Waals surface area contributed by atoms with Gasteiger partial charge in [-0.05, 0) is 42.3 Å². The molecule has 1 atom stereocenters. The number of hydrogen-bond acceptors (Lipinski definition) is 7. The zero-order valence-electron chi connectivity index (χ0n) is 17.9. The number of anilines is 1. The molecule has 1 unspecified atom stereocenters. The minimum absolute atomic E-state index is 0.536. The van der Waals surface area contributed by atoms with Crippen LogP contribution in [-0.4, -0.2) is 44.1 Å². The molecule has 0 aromatic heterocycles. The molecule has 1 saturated heterocycles. The molecule has 2 aliphatic rings. The van der Waals surface area contributed by atoms with Crippen LogP contribution in [0.5, 0.6) is 5.75 Å². The first-order chi connectivity index (χ1) is 15.0. The average Bonchev–Trinajstić information content (AvgIpc) is 2.78. The molecule has 0 saturated carbocycles. The lowest BCUT2D eigenvalue weighted by Crippen LogP contribution is -2.44. The molecule has 0 amide bonds. The van der Waals surface area contributed by atoms with Gasteiger partial charge in [0.15, 0.2) is 5.66 Å². The number of methoxy groups -OCH3 is 1. The quantitative estimate of drug-likeness (QED) is 0.572. The van der Waals surface area contributed by atoms with Crippen LogP contribution in [0.2, 0.25) is 5.02 Å². The van der Waals surface area contributed by atoms with E-state index in [1.165, 1.54) is 5.56 Å². The van der Waals surface area contributed by atoms with Crippen LogP contribution in [0.4, 0.5) is 5.69 Å². The fraction of sp³-hybridized carbons (Fsp3) is 0.348. The van der Waals surface area contributed by atoms with Gasteiger partial charge in [0.25, 0.3) is 0 Å². The van der Waals surface area contributed by atoms with Gasteiger partial charge in [0.05, 0.1) is 12.1 Å². The summed E-state index contributed by atoms with van der Waals surface area (Å²) in [5.74, 6) is 1.15. The molecule has 7 nitrogen and oxygen atoms in total. The van der Waals surface area contributed by atoms with Crippen LogP contribution in [0, 0.1) is 0 Å². The Morgan fingerprint density at radius 1 is 1.19 bits per heavy atom. The summed E-state index contributed by atoms with van der Waals surface area (Å²) in [6.45, 7) is 7.18. The Morgan fingerprint density at radius 3 is 2.65 bits per heavy atom.